The van der Waals surface area contributed by atoms with Crippen LogP contribution in [0.4, 0.5) is 0 Å². The monoisotopic (exact) mass is 473 g/mol. The molecule has 0 aliphatic carbocycles. The van der Waals surface area contributed by atoms with Crippen LogP contribution in [0.5, 0.6) is 0 Å². The molecule has 1 aromatic heterocycles. The van der Waals surface area contributed by atoms with Gasteiger partial charge in [-0.25, -0.2) is 8.42 Å². The molecule has 1 unspecified atom stereocenters. The highest BCUT2D eigenvalue weighted by atomic mass is 35.5. The summed E-state index contributed by atoms with van der Waals surface area (Å²) in [4.78, 5) is 13.2. The summed E-state index contributed by atoms with van der Waals surface area (Å²) in [6, 6.07) is 14.0. The van der Waals surface area contributed by atoms with E-state index in [4.69, 9.17) is 11.6 Å². The van der Waals surface area contributed by atoms with E-state index in [1.165, 1.54) is 0 Å². The Kier molecular flexibility index (Phi) is 6.88. The molecule has 1 N–H and O–H groups in total. The highest BCUT2D eigenvalue weighted by molar-refractivity contribution is 7.89. The molecule has 0 radical (unpaired) electrons. The molecule has 1 saturated heterocycles. The number of carbonyl (C=O) groups excluding carboxylic acids is 1. The summed E-state index contributed by atoms with van der Waals surface area (Å²) in [5.74, 6) is -0.0787. The Morgan fingerprint density at radius 3 is 2.47 bits per heavy atom. The first kappa shape index (κ1) is 22.8. The Hall–Kier alpha value is -2.35. The van der Waals surface area contributed by atoms with Crippen LogP contribution >= 0.6 is 11.6 Å². The van der Waals surface area contributed by atoms with Crippen molar-refractivity contribution >= 4 is 38.4 Å². The van der Waals surface area contributed by atoms with Crippen molar-refractivity contribution in [3.63, 3.8) is 0 Å². The summed E-state index contributed by atoms with van der Waals surface area (Å²) in [6.45, 7) is 3.54. The molecule has 2 aromatic carbocycles. The van der Waals surface area contributed by atoms with Gasteiger partial charge < -0.3 is 9.88 Å². The molecule has 1 fully saturated rings. The van der Waals surface area contributed by atoms with Gasteiger partial charge in [-0.2, -0.15) is 4.31 Å². The number of benzene rings is 2. The number of carbonyl (C=O) groups is 1. The van der Waals surface area contributed by atoms with Crippen molar-refractivity contribution in [2.45, 2.75) is 50.1 Å². The summed E-state index contributed by atoms with van der Waals surface area (Å²) in [7, 11) is -3.49. The Morgan fingerprint density at radius 2 is 1.78 bits per heavy atom. The zero-order chi connectivity index (χ0) is 22.7. The smallest absolute Gasteiger partial charge is 0.243 e. The first-order valence-electron chi connectivity index (χ1n) is 11.0. The molecule has 3 aromatic rings. The molecule has 0 spiro atoms. The fourth-order valence-corrected chi connectivity index (χ4v) is 5.93. The number of nitrogens with zero attached hydrogens (tertiary/aromatic N) is 2. The van der Waals surface area contributed by atoms with Crippen LogP contribution in [-0.2, 0) is 21.4 Å². The van der Waals surface area contributed by atoms with Crippen molar-refractivity contribution in [2.24, 2.45) is 0 Å². The Morgan fingerprint density at radius 1 is 1.06 bits per heavy atom. The molecule has 2 heterocycles. The van der Waals surface area contributed by atoms with Crippen LogP contribution < -0.4 is 5.32 Å². The van der Waals surface area contributed by atoms with Crippen LogP contribution in [0.1, 0.15) is 44.2 Å². The van der Waals surface area contributed by atoms with Crippen molar-refractivity contribution in [3.05, 3.63) is 65.3 Å². The van der Waals surface area contributed by atoms with Gasteiger partial charge in [0, 0.05) is 41.8 Å². The van der Waals surface area contributed by atoms with Gasteiger partial charge in [-0.1, -0.05) is 37.1 Å². The molecular weight excluding hydrogens is 446 g/mol. The van der Waals surface area contributed by atoms with Gasteiger partial charge in [0.2, 0.25) is 15.9 Å². The molecule has 0 saturated carbocycles. The van der Waals surface area contributed by atoms with Crippen molar-refractivity contribution < 1.29 is 13.2 Å². The van der Waals surface area contributed by atoms with Gasteiger partial charge in [0.25, 0.3) is 0 Å². The number of nitrogens with one attached hydrogen (secondary N) is 1. The van der Waals surface area contributed by atoms with E-state index in [9.17, 15) is 13.2 Å². The number of rotatable bonds is 7. The number of hydrogen-bond donors (Lipinski definition) is 1. The van der Waals surface area contributed by atoms with E-state index in [0.717, 1.165) is 35.7 Å². The van der Waals surface area contributed by atoms with Crippen molar-refractivity contribution in [3.8, 4) is 0 Å². The average Bonchev–Trinajstić information content (AvgIpc) is 3.23. The van der Waals surface area contributed by atoms with E-state index in [-0.39, 0.29) is 11.9 Å². The second kappa shape index (κ2) is 9.65. The quantitative estimate of drug-likeness (QED) is 0.538. The number of amides is 1. The number of piperidine rings is 1. The second-order valence-corrected chi connectivity index (χ2v) is 10.6. The fraction of sp³-hybridized carbons (Fsp3) is 0.375. The lowest BCUT2D eigenvalue weighted by Crippen LogP contribution is -2.35. The van der Waals surface area contributed by atoms with E-state index < -0.39 is 10.0 Å². The van der Waals surface area contributed by atoms with Crippen LogP contribution in [-0.4, -0.2) is 36.3 Å². The minimum Gasteiger partial charge on any atom is -0.350 e. The fourth-order valence-electron chi connectivity index (χ4n) is 4.25. The summed E-state index contributed by atoms with van der Waals surface area (Å²) >= 11 is 5.92. The summed E-state index contributed by atoms with van der Waals surface area (Å²) in [5, 5.41) is 4.47. The average molecular weight is 474 g/mol. The number of hydrogen-bond acceptors (Lipinski definition) is 3. The highest BCUT2D eigenvalue weighted by Crippen LogP contribution is 2.27. The second-order valence-electron chi connectivity index (χ2n) is 8.18. The third kappa shape index (κ3) is 4.70. The Labute approximate surface area is 194 Å². The Bertz CT molecular complexity index is 1200. The maximum Gasteiger partial charge on any atom is 0.243 e. The summed E-state index contributed by atoms with van der Waals surface area (Å²) in [6.07, 6.45) is 5.36. The van der Waals surface area contributed by atoms with E-state index in [1.54, 1.807) is 34.6 Å². The van der Waals surface area contributed by atoms with Gasteiger partial charge in [0.1, 0.15) is 6.04 Å². The maximum atomic E-state index is 13.0. The lowest BCUT2D eigenvalue weighted by atomic mass is 10.1. The third-order valence-electron chi connectivity index (χ3n) is 6.05. The molecule has 1 amide bonds. The van der Waals surface area contributed by atoms with Crippen molar-refractivity contribution in [1.82, 2.24) is 14.2 Å². The van der Waals surface area contributed by atoms with E-state index in [1.807, 2.05) is 35.9 Å². The lowest BCUT2D eigenvalue weighted by Gasteiger charge is -2.26. The lowest BCUT2D eigenvalue weighted by molar-refractivity contribution is -0.124. The molecule has 6 nitrogen and oxygen atoms in total. The molecule has 32 heavy (non-hydrogen) atoms. The first-order valence-corrected chi connectivity index (χ1v) is 12.8. The van der Waals surface area contributed by atoms with Gasteiger partial charge in [0.05, 0.1) is 4.90 Å². The first-order chi connectivity index (χ1) is 15.4. The van der Waals surface area contributed by atoms with Crippen LogP contribution in [0.2, 0.25) is 5.02 Å². The van der Waals surface area contributed by atoms with Gasteiger partial charge in [0.15, 0.2) is 0 Å². The molecule has 1 atom stereocenters. The van der Waals surface area contributed by atoms with Gasteiger partial charge >= 0.3 is 0 Å². The third-order valence-corrected chi connectivity index (χ3v) is 8.20. The van der Waals surface area contributed by atoms with E-state index in [2.05, 4.69) is 5.32 Å². The van der Waals surface area contributed by atoms with Crippen LogP contribution in [0.15, 0.2) is 59.6 Å². The van der Waals surface area contributed by atoms with Crippen LogP contribution in [0.3, 0.4) is 0 Å². The molecule has 170 valence electrons. The largest absolute Gasteiger partial charge is 0.350 e. The number of aromatic nitrogens is 1. The molecule has 0 bridgehead atoms. The minimum atomic E-state index is -3.49. The highest BCUT2D eigenvalue weighted by Gasteiger charge is 2.27. The standard InChI is InChI=1S/C24H28ClN3O3S/c1-2-22(24(29)26-17-18-6-8-20(25)9-7-18)28-15-12-19-16-21(10-11-23(19)28)32(30,31)27-13-4-3-5-14-27/h6-12,15-16,22H,2-5,13-14,17H2,1H3,(H,26,29). The normalized spacial score (nSPS) is 16.2. The molecule has 1 aliphatic heterocycles. The Balaban J connectivity index is 1.54. The molecule has 4 rings (SSSR count). The van der Waals surface area contributed by atoms with E-state index in [0.29, 0.717) is 36.0 Å². The summed E-state index contributed by atoms with van der Waals surface area (Å²) < 4.78 is 29.5. The van der Waals surface area contributed by atoms with Gasteiger partial charge in [-0.05, 0) is 61.2 Å². The van der Waals surface area contributed by atoms with E-state index >= 15 is 0 Å². The van der Waals surface area contributed by atoms with Crippen molar-refractivity contribution in [1.29, 1.82) is 0 Å². The predicted octanol–water partition coefficient (Wildman–Crippen LogP) is 4.74. The van der Waals surface area contributed by atoms with Crippen LogP contribution in [0, 0.1) is 0 Å². The molecule has 1 aliphatic rings. The number of fused-ring (bicyclic) bond motifs is 1. The number of halogens is 1. The van der Waals surface area contributed by atoms with Crippen LogP contribution in [0.25, 0.3) is 10.9 Å². The SMILES string of the molecule is CCC(C(=O)NCc1ccc(Cl)cc1)n1ccc2cc(S(=O)(=O)N3CCCCC3)ccc21. The van der Waals surface area contributed by atoms with Gasteiger partial charge in [-0.15, -0.1) is 0 Å². The topological polar surface area (TPSA) is 71.4 Å². The minimum absolute atomic E-state index is 0.0787. The maximum absolute atomic E-state index is 13.0. The number of sulfonamides is 1. The summed E-state index contributed by atoms with van der Waals surface area (Å²) in [5.41, 5.74) is 1.82. The molecular formula is C24H28ClN3O3S. The zero-order valence-corrected chi connectivity index (χ0v) is 19.7. The zero-order valence-electron chi connectivity index (χ0n) is 18.1. The van der Waals surface area contributed by atoms with Gasteiger partial charge in [-0.3, -0.25) is 4.79 Å². The predicted molar refractivity (Wildman–Crippen MR) is 127 cm³/mol. The van der Waals surface area contributed by atoms with Crippen molar-refractivity contribution in [2.75, 3.05) is 13.1 Å². The molecule has 8 heteroatoms.